The number of hydrogen-bond acceptors (Lipinski definition) is 4. The van der Waals surface area contributed by atoms with E-state index in [1.807, 2.05) is 0 Å². The number of rotatable bonds is 8. The summed E-state index contributed by atoms with van der Waals surface area (Å²) in [4.78, 5) is 10.7. The van der Waals surface area contributed by atoms with E-state index in [0.717, 1.165) is 4.31 Å². The minimum absolute atomic E-state index is 0.333. The lowest BCUT2D eigenvalue weighted by molar-refractivity contribution is -0.137. The van der Waals surface area contributed by atoms with Crippen molar-refractivity contribution < 1.29 is 23.1 Å². The molecule has 0 aromatic heterocycles. The van der Waals surface area contributed by atoms with Gasteiger partial charge < -0.3 is 9.84 Å². The van der Waals surface area contributed by atoms with Gasteiger partial charge in [0.2, 0.25) is 10.0 Å². The molecule has 0 radical (unpaired) electrons. The lowest BCUT2D eigenvalue weighted by atomic mass is 10.3. The lowest BCUT2D eigenvalue weighted by Crippen LogP contribution is -2.45. The monoisotopic (exact) mass is 267 g/mol. The highest BCUT2D eigenvalue weighted by atomic mass is 32.2. The first-order chi connectivity index (χ1) is 7.73. The number of sulfonamides is 1. The van der Waals surface area contributed by atoms with Gasteiger partial charge in [0, 0.05) is 19.8 Å². The van der Waals surface area contributed by atoms with Crippen LogP contribution in [-0.2, 0) is 19.6 Å². The van der Waals surface area contributed by atoms with E-state index in [0.29, 0.717) is 13.0 Å². The summed E-state index contributed by atoms with van der Waals surface area (Å²) in [5.74, 6) is -1.15. The molecule has 0 rings (SSSR count). The summed E-state index contributed by atoms with van der Waals surface area (Å²) in [6, 6.07) is -0.374. The zero-order chi connectivity index (χ0) is 13.6. The number of carboxylic acid groups (broad SMARTS) is 1. The quantitative estimate of drug-likeness (QED) is 0.693. The highest BCUT2D eigenvalue weighted by Gasteiger charge is 2.31. The number of carboxylic acids is 1. The maximum atomic E-state index is 12.1. The highest BCUT2D eigenvalue weighted by Crippen LogP contribution is 2.15. The fraction of sp³-hybridized carbons (Fsp3) is 0.900. The van der Waals surface area contributed by atoms with Gasteiger partial charge in [-0.15, -0.1) is 0 Å². The number of nitrogens with zero attached hydrogens (tertiary/aromatic N) is 1. The van der Waals surface area contributed by atoms with Crippen molar-refractivity contribution in [1.29, 1.82) is 0 Å². The molecule has 0 spiro atoms. The molecular weight excluding hydrogens is 246 g/mol. The zero-order valence-electron chi connectivity index (χ0n) is 10.7. The topological polar surface area (TPSA) is 83.9 Å². The summed E-state index contributed by atoms with van der Waals surface area (Å²) in [5, 5.41) is 8.07. The van der Waals surface area contributed by atoms with E-state index in [4.69, 9.17) is 9.84 Å². The van der Waals surface area contributed by atoms with E-state index in [2.05, 4.69) is 0 Å². The van der Waals surface area contributed by atoms with Crippen LogP contribution in [0, 0.1) is 0 Å². The molecule has 0 aliphatic carbocycles. The van der Waals surface area contributed by atoms with Crippen molar-refractivity contribution >= 4 is 16.0 Å². The van der Waals surface area contributed by atoms with E-state index in [-0.39, 0.29) is 6.04 Å². The van der Waals surface area contributed by atoms with Gasteiger partial charge >= 0.3 is 5.97 Å². The average Bonchev–Trinajstić information content (AvgIpc) is 2.21. The van der Waals surface area contributed by atoms with Crippen LogP contribution in [0.4, 0.5) is 0 Å². The highest BCUT2D eigenvalue weighted by molar-refractivity contribution is 7.89. The van der Waals surface area contributed by atoms with Crippen LogP contribution in [0.5, 0.6) is 0 Å². The Morgan fingerprint density at radius 2 is 1.88 bits per heavy atom. The molecule has 0 fully saturated rings. The third kappa shape index (κ3) is 5.01. The molecule has 0 aliphatic heterocycles. The van der Waals surface area contributed by atoms with Crippen molar-refractivity contribution in [2.24, 2.45) is 0 Å². The van der Waals surface area contributed by atoms with Crippen LogP contribution in [0.3, 0.4) is 0 Å². The fourth-order valence-corrected chi connectivity index (χ4v) is 3.10. The molecular formula is C10H21NO5S. The molecule has 1 N–H and O–H groups in total. The van der Waals surface area contributed by atoms with Gasteiger partial charge in [0.25, 0.3) is 0 Å². The van der Waals surface area contributed by atoms with Gasteiger partial charge in [-0.1, -0.05) is 0 Å². The molecule has 0 aliphatic rings. The smallest absolute Gasteiger partial charge is 0.318 e. The number of methoxy groups -OCH3 is 1. The Hall–Kier alpha value is -0.660. The second-order valence-electron chi connectivity index (χ2n) is 4.17. The van der Waals surface area contributed by atoms with Crippen molar-refractivity contribution in [3.63, 3.8) is 0 Å². The van der Waals surface area contributed by atoms with Gasteiger partial charge in [-0.25, -0.2) is 8.42 Å². The molecule has 0 bridgehead atoms. The third-order valence-electron chi connectivity index (χ3n) is 2.43. The minimum Gasteiger partial charge on any atom is -0.480 e. The minimum atomic E-state index is -3.60. The summed E-state index contributed by atoms with van der Waals surface area (Å²) >= 11 is 0. The van der Waals surface area contributed by atoms with E-state index >= 15 is 0 Å². The predicted molar refractivity (Wildman–Crippen MR) is 64.4 cm³/mol. The van der Waals surface area contributed by atoms with Crippen LogP contribution >= 0.6 is 0 Å². The number of carbonyl (C=O) groups is 1. The summed E-state index contributed by atoms with van der Waals surface area (Å²) < 4.78 is 30.1. The molecule has 0 heterocycles. The maximum Gasteiger partial charge on any atom is 0.318 e. The molecule has 1 unspecified atom stereocenters. The van der Waals surface area contributed by atoms with Crippen molar-refractivity contribution in [3.8, 4) is 0 Å². The van der Waals surface area contributed by atoms with Gasteiger partial charge in [0.15, 0.2) is 0 Å². The molecule has 6 nitrogen and oxygen atoms in total. The predicted octanol–water partition coefficient (Wildman–Crippen LogP) is 0.536. The van der Waals surface area contributed by atoms with Crippen LogP contribution in [-0.4, -0.2) is 55.4 Å². The Bertz CT molecular complexity index is 339. The molecule has 0 aromatic carbocycles. The summed E-state index contributed by atoms with van der Waals surface area (Å²) in [6.45, 7) is 4.70. The van der Waals surface area contributed by atoms with Crippen molar-refractivity contribution in [3.05, 3.63) is 0 Å². The first-order valence-electron chi connectivity index (χ1n) is 5.44. The van der Waals surface area contributed by atoms with Gasteiger partial charge in [-0.05, 0) is 27.2 Å². The molecule has 1 atom stereocenters. The maximum absolute atomic E-state index is 12.1. The van der Waals surface area contributed by atoms with E-state index in [1.165, 1.54) is 7.11 Å². The molecule has 102 valence electrons. The number of aliphatic carboxylic acids is 1. The molecule has 0 saturated heterocycles. The fourth-order valence-electron chi connectivity index (χ4n) is 1.36. The van der Waals surface area contributed by atoms with Crippen LogP contribution < -0.4 is 0 Å². The number of hydrogen-bond donors (Lipinski definition) is 1. The Labute approximate surface area is 103 Å². The second kappa shape index (κ2) is 6.93. The van der Waals surface area contributed by atoms with Crippen LogP contribution in [0.2, 0.25) is 0 Å². The standard InChI is InChI=1S/C10H21NO5S/c1-8(2)11(7-10(12)13)17(14,15)9(3)5-6-16-4/h8-9H,5-7H2,1-4H3,(H,12,13). The molecule has 0 saturated carbocycles. The van der Waals surface area contributed by atoms with E-state index in [9.17, 15) is 13.2 Å². The largest absolute Gasteiger partial charge is 0.480 e. The SMILES string of the molecule is COCCC(C)S(=O)(=O)N(CC(=O)O)C(C)C. The summed E-state index contributed by atoms with van der Waals surface area (Å²) in [6.07, 6.45) is 0.349. The Kier molecular flexibility index (Phi) is 6.66. The molecule has 0 amide bonds. The Balaban J connectivity index is 4.88. The molecule has 17 heavy (non-hydrogen) atoms. The van der Waals surface area contributed by atoms with Crippen LogP contribution in [0.1, 0.15) is 27.2 Å². The summed E-state index contributed by atoms with van der Waals surface area (Å²) in [7, 11) is -2.10. The van der Waals surface area contributed by atoms with Gasteiger partial charge in [-0.3, -0.25) is 4.79 Å². The zero-order valence-corrected chi connectivity index (χ0v) is 11.5. The van der Waals surface area contributed by atoms with Gasteiger partial charge in [0.1, 0.15) is 6.54 Å². The first-order valence-corrected chi connectivity index (χ1v) is 6.95. The van der Waals surface area contributed by atoms with Crippen LogP contribution in [0.25, 0.3) is 0 Å². The van der Waals surface area contributed by atoms with Crippen molar-refractivity contribution in [2.75, 3.05) is 20.3 Å². The Morgan fingerprint density at radius 3 is 2.24 bits per heavy atom. The molecule has 7 heteroatoms. The van der Waals surface area contributed by atoms with Crippen molar-refractivity contribution in [1.82, 2.24) is 4.31 Å². The van der Waals surface area contributed by atoms with Gasteiger partial charge in [0.05, 0.1) is 5.25 Å². The van der Waals surface area contributed by atoms with Crippen molar-refractivity contribution in [2.45, 2.75) is 38.5 Å². The lowest BCUT2D eigenvalue weighted by Gasteiger charge is -2.27. The third-order valence-corrected chi connectivity index (χ3v) is 4.89. The molecule has 0 aromatic rings. The average molecular weight is 267 g/mol. The second-order valence-corrected chi connectivity index (χ2v) is 6.47. The van der Waals surface area contributed by atoms with E-state index < -0.39 is 27.8 Å². The van der Waals surface area contributed by atoms with E-state index in [1.54, 1.807) is 20.8 Å². The number of ether oxygens (including phenoxy) is 1. The van der Waals surface area contributed by atoms with Crippen LogP contribution in [0.15, 0.2) is 0 Å². The first kappa shape index (κ1) is 16.3. The normalized spacial score (nSPS) is 14.2. The summed E-state index contributed by atoms with van der Waals surface area (Å²) in [5.41, 5.74) is 0. The van der Waals surface area contributed by atoms with Gasteiger partial charge in [-0.2, -0.15) is 4.31 Å². The Morgan fingerprint density at radius 1 is 1.35 bits per heavy atom.